The Morgan fingerprint density at radius 2 is 1.88 bits per heavy atom. The molecule has 1 rings (SSSR count). The number of methoxy groups -OCH3 is 1. The number of benzene rings is 1. The van der Waals surface area contributed by atoms with Crippen molar-refractivity contribution < 1.29 is 19.1 Å². The van der Waals surface area contributed by atoms with Crippen molar-refractivity contribution in [3.8, 4) is 0 Å². The van der Waals surface area contributed by atoms with Gasteiger partial charge in [-0.05, 0) is 5.56 Å². The Balaban J connectivity index is 2.21. The number of rotatable bonds is 6. The van der Waals surface area contributed by atoms with Gasteiger partial charge in [0.2, 0.25) is 0 Å². The summed E-state index contributed by atoms with van der Waals surface area (Å²) >= 11 is 0. The van der Waals surface area contributed by atoms with Crippen molar-refractivity contribution in [3.63, 3.8) is 0 Å². The molecule has 1 aromatic carbocycles. The molecule has 0 aliphatic carbocycles. The molecule has 4 heteroatoms. The maximum Gasteiger partial charge on any atom is 0.313 e. The second-order valence-corrected chi connectivity index (χ2v) is 3.27. The van der Waals surface area contributed by atoms with Crippen LogP contribution in [0.3, 0.4) is 0 Å². The first-order valence-corrected chi connectivity index (χ1v) is 4.92. The SMILES string of the molecule is COC(=O)CC(=O)COCc1ccccc1. The quantitative estimate of drug-likeness (QED) is 0.538. The maximum atomic E-state index is 11.2. The van der Waals surface area contributed by atoms with Crippen LogP contribution in [-0.4, -0.2) is 25.5 Å². The molecule has 0 saturated carbocycles. The maximum absolute atomic E-state index is 11.2. The minimum absolute atomic E-state index is 0.0655. The van der Waals surface area contributed by atoms with Crippen molar-refractivity contribution in [2.24, 2.45) is 0 Å². The van der Waals surface area contributed by atoms with Crippen LogP contribution in [0.1, 0.15) is 12.0 Å². The molecule has 0 spiro atoms. The predicted molar refractivity (Wildman–Crippen MR) is 57.7 cm³/mol. The van der Waals surface area contributed by atoms with Crippen LogP contribution in [0.4, 0.5) is 0 Å². The molecule has 0 unspecified atom stereocenters. The number of ketones is 1. The molecule has 0 saturated heterocycles. The zero-order valence-corrected chi connectivity index (χ0v) is 9.14. The van der Waals surface area contributed by atoms with E-state index in [0.717, 1.165) is 5.56 Å². The van der Waals surface area contributed by atoms with Crippen LogP contribution >= 0.6 is 0 Å². The van der Waals surface area contributed by atoms with Gasteiger partial charge >= 0.3 is 5.97 Å². The molecule has 0 amide bonds. The summed E-state index contributed by atoms with van der Waals surface area (Å²) in [6.07, 6.45) is -0.231. The van der Waals surface area contributed by atoms with Gasteiger partial charge < -0.3 is 9.47 Å². The lowest BCUT2D eigenvalue weighted by atomic mass is 10.2. The van der Waals surface area contributed by atoms with E-state index in [1.54, 1.807) is 0 Å². The molecule has 0 fully saturated rings. The number of hydrogen-bond donors (Lipinski definition) is 0. The Kier molecular flexibility index (Phi) is 5.22. The average Bonchev–Trinajstić information content (AvgIpc) is 2.30. The van der Waals surface area contributed by atoms with Gasteiger partial charge in [0.1, 0.15) is 13.0 Å². The lowest BCUT2D eigenvalue weighted by Gasteiger charge is -2.03. The Bertz CT molecular complexity index is 345. The third-order valence-electron chi connectivity index (χ3n) is 1.94. The van der Waals surface area contributed by atoms with Crippen molar-refractivity contribution in [3.05, 3.63) is 35.9 Å². The summed E-state index contributed by atoms with van der Waals surface area (Å²) in [6.45, 7) is 0.303. The zero-order valence-electron chi connectivity index (χ0n) is 9.14. The molecule has 0 heterocycles. The van der Waals surface area contributed by atoms with E-state index in [2.05, 4.69) is 4.74 Å². The zero-order chi connectivity index (χ0) is 11.8. The summed E-state index contributed by atoms with van der Waals surface area (Å²) in [5, 5.41) is 0. The summed E-state index contributed by atoms with van der Waals surface area (Å²) in [4.78, 5) is 21.9. The smallest absolute Gasteiger partial charge is 0.313 e. The molecule has 0 atom stereocenters. The fourth-order valence-electron chi connectivity index (χ4n) is 1.14. The van der Waals surface area contributed by atoms with Crippen LogP contribution < -0.4 is 0 Å². The van der Waals surface area contributed by atoms with Gasteiger partial charge in [-0.15, -0.1) is 0 Å². The van der Waals surface area contributed by atoms with Crippen molar-refractivity contribution in [1.29, 1.82) is 0 Å². The van der Waals surface area contributed by atoms with E-state index < -0.39 is 5.97 Å². The molecule has 16 heavy (non-hydrogen) atoms. The van der Waals surface area contributed by atoms with Gasteiger partial charge in [-0.25, -0.2) is 0 Å². The van der Waals surface area contributed by atoms with Crippen molar-refractivity contribution >= 4 is 11.8 Å². The highest BCUT2D eigenvalue weighted by atomic mass is 16.5. The van der Waals surface area contributed by atoms with Crippen LogP contribution in [-0.2, 0) is 25.7 Å². The molecule has 0 bridgehead atoms. The predicted octanol–water partition coefficient (Wildman–Crippen LogP) is 1.34. The number of esters is 1. The number of carbonyl (C=O) groups is 2. The van der Waals surface area contributed by atoms with E-state index in [1.165, 1.54) is 7.11 Å². The molecule has 4 nitrogen and oxygen atoms in total. The summed E-state index contributed by atoms with van der Waals surface area (Å²) in [5.41, 5.74) is 0.994. The van der Waals surface area contributed by atoms with Crippen molar-refractivity contribution in [2.75, 3.05) is 13.7 Å². The highest BCUT2D eigenvalue weighted by molar-refractivity contribution is 5.96. The van der Waals surface area contributed by atoms with Gasteiger partial charge in [-0.1, -0.05) is 30.3 Å². The van der Waals surface area contributed by atoms with Gasteiger partial charge in [0.05, 0.1) is 13.7 Å². The van der Waals surface area contributed by atoms with E-state index in [9.17, 15) is 9.59 Å². The highest BCUT2D eigenvalue weighted by Crippen LogP contribution is 2.00. The molecular formula is C12H14O4. The van der Waals surface area contributed by atoms with Gasteiger partial charge in [0.15, 0.2) is 5.78 Å². The van der Waals surface area contributed by atoms with Crippen LogP contribution in [0.5, 0.6) is 0 Å². The third kappa shape index (κ3) is 4.70. The molecule has 1 aromatic rings. The van der Waals surface area contributed by atoms with E-state index in [0.29, 0.717) is 6.61 Å². The van der Waals surface area contributed by atoms with Gasteiger partial charge in [0.25, 0.3) is 0 Å². The van der Waals surface area contributed by atoms with Crippen molar-refractivity contribution in [2.45, 2.75) is 13.0 Å². The highest BCUT2D eigenvalue weighted by Gasteiger charge is 2.09. The van der Waals surface area contributed by atoms with Gasteiger partial charge in [-0.3, -0.25) is 9.59 Å². The first-order valence-electron chi connectivity index (χ1n) is 4.92. The summed E-state index contributed by atoms with van der Waals surface area (Å²) in [7, 11) is 1.25. The van der Waals surface area contributed by atoms with Crippen LogP contribution in [0, 0.1) is 0 Å². The van der Waals surface area contributed by atoms with Crippen LogP contribution in [0.25, 0.3) is 0 Å². The molecule has 0 radical (unpaired) electrons. The molecule has 0 aromatic heterocycles. The number of Topliss-reactive ketones (excluding diaryl/α,β-unsaturated/α-hetero) is 1. The normalized spacial score (nSPS) is 9.81. The molecule has 86 valence electrons. The molecule has 0 N–H and O–H groups in total. The van der Waals surface area contributed by atoms with Gasteiger partial charge in [-0.2, -0.15) is 0 Å². The monoisotopic (exact) mass is 222 g/mol. The minimum Gasteiger partial charge on any atom is -0.469 e. The second-order valence-electron chi connectivity index (χ2n) is 3.27. The summed E-state index contributed by atoms with van der Waals surface area (Å²) in [5.74, 6) is -0.809. The Labute approximate surface area is 94.2 Å². The lowest BCUT2D eigenvalue weighted by molar-refractivity contribution is -0.144. The molecular weight excluding hydrogens is 208 g/mol. The number of hydrogen-bond acceptors (Lipinski definition) is 4. The Morgan fingerprint density at radius 3 is 2.50 bits per heavy atom. The lowest BCUT2D eigenvalue weighted by Crippen LogP contribution is -2.14. The fraction of sp³-hybridized carbons (Fsp3) is 0.333. The minimum atomic E-state index is -0.534. The van der Waals surface area contributed by atoms with E-state index in [-0.39, 0.29) is 18.8 Å². The van der Waals surface area contributed by atoms with E-state index in [4.69, 9.17) is 4.74 Å². The first kappa shape index (κ1) is 12.4. The summed E-state index contributed by atoms with van der Waals surface area (Å²) < 4.78 is 9.54. The van der Waals surface area contributed by atoms with E-state index >= 15 is 0 Å². The van der Waals surface area contributed by atoms with Crippen LogP contribution in [0.15, 0.2) is 30.3 Å². The number of carbonyl (C=O) groups excluding carboxylic acids is 2. The third-order valence-corrected chi connectivity index (χ3v) is 1.94. The topological polar surface area (TPSA) is 52.6 Å². The van der Waals surface area contributed by atoms with Crippen LogP contribution in [0.2, 0.25) is 0 Å². The molecule has 0 aliphatic rings. The fourth-order valence-corrected chi connectivity index (χ4v) is 1.14. The standard InChI is InChI=1S/C12H14O4/c1-15-12(14)7-11(13)9-16-8-10-5-3-2-4-6-10/h2-6H,7-9H2,1H3. The Morgan fingerprint density at radius 1 is 1.19 bits per heavy atom. The first-order chi connectivity index (χ1) is 7.72. The van der Waals surface area contributed by atoms with Crippen molar-refractivity contribution in [1.82, 2.24) is 0 Å². The van der Waals surface area contributed by atoms with E-state index in [1.807, 2.05) is 30.3 Å². The second kappa shape index (κ2) is 6.74. The summed E-state index contributed by atoms with van der Waals surface area (Å²) in [6, 6.07) is 9.52. The average molecular weight is 222 g/mol. The largest absolute Gasteiger partial charge is 0.469 e. The van der Waals surface area contributed by atoms with Gasteiger partial charge in [0, 0.05) is 0 Å². The molecule has 0 aliphatic heterocycles. The Hall–Kier alpha value is -1.68. The number of ether oxygens (including phenoxy) is 2.